The molecule has 0 radical (unpaired) electrons. The monoisotopic (exact) mass is 342 g/mol. The molecule has 1 aromatic rings. The van der Waals surface area contributed by atoms with E-state index in [9.17, 15) is 9.59 Å². The highest BCUT2D eigenvalue weighted by molar-refractivity contribution is 7.18. The summed E-state index contributed by atoms with van der Waals surface area (Å²) in [5, 5.41) is 3.08. The van der Waals surface area contributed by atoms with E-state index in [1.165, 1.54) is 17.8 Å². The molecule has 1 amide bonds. The van der Waals surface area contributed by atoms with Gasteiger partial charge in [0.1, 0.15) is 0 Å². The van der Waals surface area contributed by atoms with Crippen LogP contribution in [0, 0.1) is 0 Å². The third-order valence-corrected chi connectivity index (χ3v) is 5.44. The number of halogens is 1. The van der Waals surface area contributed by atoms with Crippen molar-refractivity contribution in [1.29, 1.82) is 0 Å². The van der Waals surface area contributed by atoms with Crippen molar-refractivity contribution < 1.29 is 9.59 Å². The summed E-state index contributed by atoms with van der Waals surface area (Å²) < 4.78 is 0.602. The van der Waals surface area contributed by atoms with Crippen LogP contribution < -0.4 is 5.32 Å². The van der Waals surface area contributed by atoms with Crippen molar-refractivity contribution in [3.8, 4) is 0 Å². The SMILES string of the molecule is CN(C)[C@@H]1CCC[C@H](NC(=O)CCC(=O)c2ccc(Cl)s2)C1. The number of carbonyl (C=O) groups excluding carboxylic acids is 2. The lowest BCUT2D eigenvalue weighted by atomic mass is 9.90. The minimum absolute atomic E-state index is 0.0122. The van der Waals surface area contributed by atoms with Gasteiger partial charge in [-0.15, -0.1) is 11.3 Å². The average Bonchev–Trinajstić information content (AvgIpc) is 2.91. The summed E-state index contributed by atoms with van der Waals surface area (Å²) >= 11 is 7.08. The Morgan fingerprint density at radius 1 is 1.32 bits per heavy atom. The molecule has 2 atom stereocenters. The van der Waals surface area contributed by atoms with Gasteiger partial charge in [0.15, 0.2) is 5.78 Å². The van der Waals surface area contributed by atoms with Crippen molar-refractivity contribution in [2.45, 2.75) is 50.6 Å². The molecule has 0 spiro atoms. The molecule has 1 heterocycles. The highest BCUT2D eigenvalue weighted by Gasteiger charge is 2.24. The van der Waals surface area contributed by atoms with E-state index in [2.05, 4.69) is 24.3 Å². The molecule has 1 aromatic heterocycles. The van der Waals surface area contributed by atoms with Gasteiger partial charge in [0, 0.05) is 24.9 Å². The van der Waals surface area contributed by atoms with E-state index >= 15 is 0 Å². The van der Waals surface area contributed by atoms with Crippen LogP contribution in [0.2, 0.25) is 4.34 Å². The molecular formula is C16H23ClN2O2S. The molecule has 6 heteroatoms. The molecule has 0 aromatic carbocycles. The van der Waals surface area contributed by atoms with Gasteiger partial charge in [0.25, 0.3) is 0 Å². The first-order valence-corrected chi connectivity index (χ1v) is 8.89. The van der Waals surface area contributed by atoms with E-state index in [0.717, 1.165) is 19.3 Å². The predicted octanol–water partition coefficient (Wildman–Crippen LogP) is 3.35. The average molecular weight is 343 g/mol. The summed E-state index contributed by atoms with van der Waals surface area (Å²) in [5.74, 6) is -0.0396. The number of nitrogens with one attached hydrogen (secondary N) is 1. The Balaban J connectivity index is 1.74. The van der Waals surface area contributed by atoms with Crippen molar-refractivity contribution in [2.24, 2.45) is 0 Å². The summed E-state index contributed by atoms with van der Waals surface area (Å²) in [7, 11) is 4.17. The van der Waals surface area contributed by atoms with Crippen LogP contribution in [0.3, 0.4) is 0 Å². The van der Waals surface area contributed by atoms with E-state index in [1.807, 2.05) is 0 Å². The molecule has 0 aliphatic heterocycles. The van der Waals surface area contributed by atoms with Crippen LogP contribution in [0.5, 0.6) is 0 Å². The van der Waals surface area contributed by atoms with E-state index in [0.29, 0.717) is 15.3 Å². The van der Waals surface area contributed by atoms with Gasteiger partial charge in [-0.3, -0.25) is 9.59 Å². The molecule has 1 aliphatic carbocycles. The largest absolute Gasteiger partial charge is 0.353 e. The fraction of sp³-hybridized carbons (Fsp3) is 0.625. The van der Waals surface area contributed by atoms with Gasteiger partial charge in [0.2, 0.25) is 5.91 Å². The Kier molecular flexibility index (Phi) is 6.41. The van der Waals surface area contributed by atoms with Gasteiger partial charge in [-0.2, -0.15) is 0 Å². The number of nitrogens with zero attached hydrogens (tertiary/aromatic N) is 1. The van der Waals surface area contributed by atoms with Crippen LogP contribution in [-0.4, -0.2) is 42.8 Å². The van der Waals surface area contributed by atoms with Gasteiger partial charge in [-0.05, 0) is 51.9 Å². The van der Waals surface area contributed by atoms with Crippen LogP contribution >= 0.6 is 22.9 Å². The van der Waals surface area contributed by atoms with Crippen LogP contribution in [0.15, 0.2) is 12.1 Å². The number of ketones is 1. The second kappa shape index (κ2) is 8.09. The van der Waals surface area contributed by atoms with Gasteiger partial charge in [-0.1, -0.05) is 11.6 Å². The van der Waals surface area contributed by atoms with Crippen LogP contribution in [0.4, 0.5) is 0 Å². The first kappa shape index (κ1) is 17.4. The van der Waals surface area contributed by atoms with Crippen molar-refractivity contribution >= 4 is 34.6 Å². The van der Waals surface area contributed by atoms with Crippen molar-refractivity contribution in [2.75, 3.05) is 14.1 Å². The first-order chi connectivity index (χ1) is 10.5. The third-order valence-electron chi connectivity index (χ3n) is 4.17. The lowest BCUT2D eigenvalue weighted by molar-refractivity contribution is -0.122. The van der Waals surface area contributed by atoms with E-state index in [-0.39, 0.29) is 30.6 Å². The summed E-state index contributed by atoms with van der Waals surface area (Å²) in [6.07, 6.45) is 4.85. The van der Waals surface area contributed by atoms with Crippen LogP contribution in [0.1, 0.15) is 48.2 Å². The second-order valence-corrected chi connectivity index (χ2v) is 7.79. The zero-order valence-electron chi connectivity index (χ0n) is 13.1. The van der Waals surface area contributed by atoms with E-state index < -0.39 is 0 Å². The topological polar surface area (TPSA) is 49.4 Å². The fourth-order valence-corrected chi connectivity index (χ4v) is 3.89. The lowest BCUT2D eigenvalue weighted by Gasteiger charge is -2.33. The Morgan fingerprint density at radius 2 is 2.09 bits per heavy atom. The number of hydrogen-bond donors (Lipinski definition) is 1. The van der Waals surface area contributed by atoms with Crippen LogP contribution in [0.25, 0.3) is 0 Å². The molecule has 22 heavy (non-hydrogen) atoms. The Bertz CT molecular complexity index is 530. The number of Topliss-reactive ketones (excluding diaryl/α,β-unsaturated/α-hetero) is 1. The Morgan fingerprint density at radius 3 is 2.73 bits per heavy atom. The maximum atomic E-state index is 12.0. The summed E-state index contributed by atoms with van der Waals surface area (Å²) in [4.78, 5) is 26.8. The van der Waals surface area contributed by atoms with E-state index in [1.54, 1.807) is 12.1 Å². The number of thiophene rings is 1. The van der Waals surface area contributed by atoms with Gasteiger partial charge in [-0.25, -0.2) is 0 Å². The zero-order valence-corrected chi connectivity index (χ0v) is 14.7. The van der Waals surface area contributed by atoms with Gasteiger partial charge >= 0.3 is 0 Å². The molecule has 1 saturated carbocycles. The summed E-state index contributed by atoms with van der Waals surface area (Å²) in [6.45, 7) is 0. The number of amides is 1. The molecule has 1 aliphatic rings. The Hall–Kier alpha value is -0.910. The molecule has 0 saturated heterocycles. The van der Waals surface area contributed by atoms with Crippen LogP contribution in [-0.2, 0) is 4.79 Å². The summed E-state index contributed by atoms with van der Waals surface area (Å²) in [5.41, 5.74) is 0. The smallest absolute Gasteiger partial charge is 0.220 e. The third kappa shape index (κ3) is 5.07. The van der Waals surface area contributed by atoms with Crippen molar-refractivity contribution in [3.63, 3.8) is 0 Å². The maximum absolute atomic E-state index is 12.0. The highest BCUT2D eigenvalue weighted by Crippen LogP contribution is 2.23. The second-order valence-electron chi connectivity index (χ2n) is 6.08. The minimum Gasteiger partial charge on any atom is -0.353 e. The zero-order chi connectivity index (χ0) is 16.1. The normalized spacial score (nSPS) is 21.8. The first-order valence-electron chi connectivity index (χ1n) is 7.70. The Labute approximate surface area is 140 Å². The molecule has 1 fully saturated rings. The predicted molar refractivity (Wildman–Crippen MR) is 90.8 cm³/mol. The quantitative estimate of drug-likeness (QED) is 0.806. The van der Waals surface area contributed by atoms with Crippen molar-refractivity contribution in [3.05, 3.63) is 21.3 Å². The molecular weight excluding hydrogens is 320 g/mol. The molecule has 0 unspecified atom stereocenters. The minimum atomic E-state index is -0.0274. The van der Waals surface area contributed by atoms with Crippen molar-refractivity contribution in [1.82, 2.24) is 10.2 Å². The fourth-order valence-electron chi connectivity index (χ4n) is 2.88. The van der Waals surface area contributed by atoms with Gasteiger partial charge < -0.3 is 10.2 Å². The molecule has 1 N–H and O–H groups in total. The lowest BCUT2D eigenvalue weighted by Crippen LogP contribution is -2.43. The van der Waals surface area contributed by atoms with E-state index in [4.69, 9.17) is 11.6 Å². The maximum Gasteiger partial charge on any atom is 0.220 e. The standard InChI is InChI=1S/C16H23ClN2O2S/c1-19(2)12-5-3-4-11(10-12)18-16(21)9-6-13(20)14-7-8-15(17)22-14/h7-8,11-12H,3-6,9-10H2,1-2H3,(H,18,21)/t11-,12+/m0/s1. The highest BCUT2D eigenvalue weighted by atomic mass is 35.5. The molecule has 2 rings (SSSR count). The van der Waals surface area contributed by atoms with Gasteiger partial charge in [0.05, 0.1) is 9.21 Å². The molecule has 4 nitrogen and oxygen atoms in total. The molecule has 0 bridgehead atoms. The number of rotatable bonds is 6. The summed E-state index contributed by atoms with van der Waals surface area (Å²) in [6, 6.07) is 4.20. The number of hydrogen-bond acceptors (Lipinski definition) is 4. The molecule has 122 valence electrons. The number of carbonyl (C=O) groups is 2.